The van der Waals surface area contributed by atoms with Gasteiger partial charge in [0.25, 0.3) is 0 Å². The summed E-state index contributed by atoms with van der Waals surface area (Å²) in [6.07, 6.45) is 0. The number of rotatable bonds is 2. The van der Waals surface area contributed by atoms with Gasteiger partial charge in [0.05, 0.1) is 12.3 Å². The zero-order valence-corrected chi connectivity index (χ0v) is 8.39. The predicted molar refractivity (Wildman–Crippen MR) is 53.4 cm³/mol. The first-order valence-corrected chi connectivity index (χ1v) is 5.10. The van der Waals surface area contributed by atoms with Crippen molar-refractivity contribution in [2.24, 2.45) is 0 Å². The van der Waals surface area contributed by atoms with Crippen LogP contribution in [-0.4, -0.2) is 10.1 Å². The van der Waals surface area contributed by atoms with E-state index in [-0.39, 0.29) is 12.2 Å². The molecule has 0 bridgehead atoms. The Morgan fingerprint density at radius 1 is 1.33 bits per heavy atom. The van der Waals surface area contributed by atoms with Crippen molar-refractivity contribution in [3.8, 4) is 11.3 Å². The quantitative estimate of drug-likeness (QED) is 0.855. The lowest BCUT2D eigenvalue weighted by Crippen LogP contribution is -1.89. The maximum atomic E-state index is 13.3. The van der Waals surface area contributed by atoms with Crippen LogP contribution in [0.25, 0.3) is 11.3 Å². The Morgan fingerprint density at radius 3 is 2.80 bits per heavy atom. The molecule has 2 nitrogen and oxygen atoms in total. The fourth-order valence-corrected chi connectivity index (χ4v) is 1.86. The van der Waals surface area contributed by atoms with Gasteiger partial charge in [-0.3, -0.25) is 0 Å². The predicted octanol–water partition coefficient (Wildman–Crippen LogP) is 2.58. The molecule has 2 rings (SSSR count). The molecule has 0 saturated heterocycles. The average molecular weight is 227 g/mol. The van der Waals surface area contributed by atoms with Gasteiger partial charge in [0, 0.05) is 10.9 Å². The zero-order chi connectivity index (χ0) is 10.8. The Balaban J connectivity index is 2.49. The van der Waals surface area contributed by atoms with Crippen molar-refractivity contribution in [3.63, 3.8) is 0 Å². The van der Waals surface area contributed by atoms with Gasteiger partial charge in [0.15, 0.2) is 11.6 Å². The summed E-state index contributed by atoms with van der Waals surface area (Å²) in [5, 5.41) is 10.9. The first-order chi connectivity index (χ1) is 7.22. The summed E-state index contributed by atoms with van der Waals surface area (Å²) in [6, 6.07) is 3.93. The zero-order valence-electron chi connectivity index (χ0n) is 7.58. The van der Waals surface area contributed by atoms with E-state index in [9.17, 15) is 8.78 Å². The number of thiazole rings is 1. The topological polar surface area (TPSA) is 33.1 Å². The van der Waals surface area contributed by atoms with Crippen molar-refractivity contribution < 1.29 is 13.9 Å². The number of aromatic nitrogens is 1. The van der Waals surface area contributed by atoms with Gasteiger partial charge in [0.1, 0.15) is 5.01 Å². The number of hydrogen-bond donors (Lipinski definition) is 1. The molecule has 0 unspecified atom stereocenters. The van der Waals surface area contributed by atoms with Gasteiger partial charge >= 0.3 is 0 Å². The van der Waals surface area contributed by atoms with Crippen LogP contribution < -0.4 is 0 Å². The van der Waals surface area contributed by atoms with E-state index in [1.807, 2.05) is 0 Å². The Hall–Kier alpha value is -1.33. The lowest BCUT2D eigenvalue weighted by Gasteiger charge is -1.99. The molecule has 0 aliphatic rings. The van der Waals surface area contributed by atoms with Crippen LogP contribution in [0.2, 0.25) is 0 Å². The normalized spacial score (nSPS) is 10.6. The summed E-state index contributed by atoms with van der Waals surface area (Å²) in [5.41, 5.74) is 0.465. The van der Waals surface area contributed by atoms with Gasteiger partial charge in [-0.15, -0.1) is 11.3 Å². The largest absolute Gasteiger partial charge is 0.389 e. The van der Waals surface area contributed by atoms with E-state index in [1.165, 1.54) is 23.5 Å². The first-order valence-electron chi connectivity index (χ1n) is 4.22. The molecule has 1 aromatic heterocycles. The average Bonchev–Trinajstić information content (AvgIpc) is 2.70. The second-order valence-electron chi connectivity index (χ2n) is 2.89. The Bertz CT molecular complexity index is 484. The Morgan fingerprint density at radius 2 is 2.13 bits per heavy atom. The van der Waals surface area contributed by atoms with E-state index in [2.05, 4.69) is 4.98 Å². The number of benzene rings is 1. The van der Waals surface area contributed by atoms with E-state index in [4.69, 9.17) is 5.11 Å². The van der Waals surface area contributed by atoms with Crippen LogP contribution >= 0.6 is 11.3 Å². The third-order valence-electron chi connectivity index (χ3n) is 1.91. The van der Waals surface area contributed by atoms with E-state index in [0.717, 1.165) is 6.07 Å². The van der Waals surface area contributed by atoms with E-state index in [1.54, 1.807) is 5.38 Å². The van der Waals surface area contributed by atoms with Crippen molar-refractivity contribution in [1.82, 2.24) is 4.98 Å². The van der Waals surface area contributed by atoms with Crippen molar-refractivity contribution in [2.75, 3.05) is 0 Å². The van der Waals surface area contributed by atoms with Crippen LogP contribution in [0.4, 0.5) is 8.78 Å². The van der Waals surface area contributed by atoms with Gasteiger partial charge in [-0.1, -0.05) is 6.07 Å². The molecule has 0 fully saturated rings. The molecule has 0 amide bonds. The van der Waals surface area contributed by atoms with Crippen LogP contribution in [0.5, 0.6) is 0 Å². The summed E-state index contributed by atoms with van der Waals surface area (Å²) < 4.78 is 26.2. The summed E-state index contributed by atoms with van der Waals surface area (Å²) in [6.45, 7) is -0.193. The molecule has 5 heteroatoms. The minimum atomic E-state index is -0.910. The first kappa shape index (κ1) is 10.2. The van der Waals surface area contributed by atoms with Crippen LogP contribution in [0, 0.1) is 11.6 Å². The van der Waals surface area contributed by atoms with Crippen LogP contribution in [0.15, 0.2) is 23.6 Å². The van der Waals surface area contributed by atoms with Crippen molar-refractivity contribution in [3.05, 3.63) is 40.2 Å². The molecule has 1 aromatic carbocycles. The van der Waals surface area contributed by atoms with Crippen LogP contribution in [0.3, 0.4) is 0 Å². The van der Waals surface area contributed by atoms with Gasteiger partial charge < -0.3 is 5.11 Å². The van der Waals surface area contributed by atoms with Crippen molar-refractivity contribution in [2.45, 2.75) is 6.61 Å². The fraction of sp³-hybridized carbons (Fsp3) is 0.100. The molecule has 0 radical (unpaired) electrons. The monoisotopic (exact) mass is 227 g/mol. The highest BCUT2D eigenvalue weighted by molar-refractivity contribution is 7.09. The summed E-state index contributed by atoms with van der Waals surface area (Å²) >= 11 is 1.21. The summed E-state index contributed by atoms with van der Waals surface area (Å²) in [7, 11) is 0. The molecule has 0 aliphatic heterocycles. The molecule has 1 heterocycles. The molecule has 78 valence electrons. The molecule has 15 heavy (non-hydrogen) atoms. The highest BCUT2D eigenvalue weighted by atomic mass is 32.1. The fourth-order valence-electron chi connectivity index (χ4n) is 1.21. The SMILES string of the molecule is OCc1nc(-c2cccc(F)c2F)cs1. The molecule has 2 aromatic rings. The van der Waals surface area contributed by atoms with Gasteiger partial charge in [-0.05, 0) is 12.1 Å². The van der Waals surface area contributed by atoms with Crippen LogP contribution in [0.1, 0.15) is 5.01 Å². The highest BCUT2D eigenvalue weighted by Crippen LogP contribution is 2.25. The number of halogens is 2. The second-order valence-corrected chi connectivity index (χ2v) is 3.83. The van der Waals surface area contributed by atoms with E-state index < -0.39 is 11.6 Å². The Labute approximate surface area is 88.8 Å². The molecular weight excluding hydrogens is 220 g/mol. The van der Waals surface area contributed by atoms with Crippen LogP contribution in [-0.2, 0) is 6.61 Å². The number of hydrogen-bond acceptors (Lipinski definition) is 3. The molecule has 0 aliphatic carbocycles. The van der Waals surface area contributed by atoms with Crippen molar-refractivity contribution in [1.29, 1.82) is 0 Å². The molecule has 0 spiro atoms. The van der Waals surface area contributed by atoms with Crippen molar-refractivity contribution >= 4 is 11.3 Å². The minimum Gasteiger partial charge on any atom is -0.389 e. The number of nitrogens with zero attached hydrogens (tertiary/aromatic N) is 1. The van der Waals surface area contributed by atoms with Gasteiger partial charge in [0.2, 0.25) is 0 Å². The van der Waals surface area contributed by atoms with E-state index in [0.29, 0.717) is 10.7 Å². The molecule has 0 saturated carbocycles. The summed E-state index contributed by atoms with van der Waals surface area (Å²) in [4.78, 5) is 3.96. The summed E-state index contributed by atoms with van der Waals surface area (Å²) in [5.74, 6) is -1.81. The van der Waals surface area contributed by atoms with Gasteiger partial charge in [-0.2, -0.15) is 0 Å². The molecule has 0 atom stereocenters. The highest BCUT2D eigenvalue weighted by Gasteiger charge is 2.12. The number of aliphatic hydroxyl groups excluding tert-OH is 1. The number of aliphatic hydroxyl groups is 1. The van der Waals surface area contributed by atoms with Gasteiger partial charge in [-0.25, -0.2) is 13.8 Å². The lowest BCUT2D eigenvalue weighted by atomic mass is 10.1. The maximum absolute atomic E-state index is 13.3. The standard InChI is InChI=1S/C10H7F2NOS/c11-7-3-1-2-6(10(7)12)8-5-15-9(4-14)13-8/h1-3,5,14H,4H2. The molecular formula is C10H7F2NOS. The lowest BCUT2D eigenvalue weighted by molar-refractivity contribution is 0.281. The second kappa shape index (κ2) is 4.04. The maximum Gasteiger partial charge on any atom is 0.168 e. The third-order valence-corrected chi connectivity index (χ3v) is 2.75. The minimum absolute atomic E-state index is 0.117. The Kier molecular flexibility index (Phi) is 2.75. The smallest absolute Gasteiger partial charge is 0.168 e. The third kappa shape index (κ3) is 1.88. The van der Waals surface area contributed by atoms with E-state index >= 15 is 0 Å². The molecule has 1 N–H and O–H groups in total.